The Kier molecular flexibility index (Phi) is 20.0. The van der Waals surface area contributed by atoms with E-state index in [-0.39, 0.29) is 84.5 Å². The van der Waals surface area contributed by atoms with Crippen molar-refractivity contribution in [2.45, 2.75) is 117 Å². The van der Waals surface area contributed by atoms with Crippen LogP contribution in [0, 0.1) is 5.92 Å². The van der Waals surface area contributed by atoms with Crippen LogP contribution in [0.4, 0.5) is 21.0 Å². The van der Waals surface area contributed by atoms with E-state index in [9.17, 15) is 28.8 Å². The van der Waals surface area contributed by atoms with Gasteiger partial charge in [0.25, 0.3) is 5.91 Å². The summed E-state index contributed by atoms with van der Waals surface area (Å²) in [6.07, 6.45) is 0.823. The van der Waals surface area contributed by atoms with E-state index in [2.05, 4.69) is 67.8 Å². The first-order valence-corrected chi connectivity index (χ1v) is 25.8. The summed E-state index contributed by atoms with van der Waals surface area (Å²) in [5, 5.41) is 10.6. The first-order valence-electron chi connectivity index (χ1n) is 22.9. The molecule has 0 aliphatic carbocycles. The molecule has 5 amide bonds. The topological polar surface area (TPSA) is 209 Å². The zero-order chi connectivity index (χ0) is 50.2. The highest BCUT2D eigenvalue weighted by molar-refractivity contribution is 6.74. The Balaban J connectivity index is 1.51. The SMILES string of the molecule is C=CCOC(=O)NC(C(=O)NC(C)C(=O)Nc1ccc(COC(=O)Nc2cc(OCCCC(=O)OCC)c(OC)cc2C(=O)N2Cc3ccccc3CC2CO[Si](C)(C)C(C)(C)C)cc1)C(C)C. The average molecular weight is 960 g/mol. The van der Waals surface area contributed by atoms with Gasteiger partial charge in [-0.25, -0.2) is 9.59 Å². The number of carbonyl (C=O) groups is 6. The Bertz CT molecular complexity index is 2240. The highest BCUT2D eigenvalue weighted by Gasteiger charge is 2.40. The van der Waals surface area contributed by atoms with Crippen LogP contribution in [0.25, 0.3) is 0 Å². The van der Waals surface area contributed by atoms with Gasteiger partial charge in [0, 0.05) is 24.7 Å². The van der Waals surface area contributed by atoms with Crippen molar-refractivity contribution in [3.05, 3.63) is 95.6 Å². The van der Waals surface area contributed by atoms with Gasteiger partial charge in [0.15, 0.2) is 19.8 Å². The van der Waals surface area contributed by atoms with E-state index in [1.807, 2.05) is 18.2 Å². The van der Waals surface area contributed by atoms with Gasteiger partial charge in [0.2, 0.25) is 11.8 Å². The first kappa shape index (κ1) is 54.2. The fourth-order valence-electron chi connectivity index (χ4n) is 6.83. The Morgan fingerprint density at radius 1 is 0.868 bits per heavy atom. The van der Waals surface area contributed by atoms with Gasteiger partial charge in [0.1, 0.15) is 25.3 Å². The molecule has 3 aromatic carbocycles. The third-order valence-electron chi connectivity index (χ3n) is 11.8. The molecule has 17 nitrogen and oxygen atoms in total. The molecule has 3 unspecified atom stereocenters. The summed E-state index contributed by atoms with van der Waals surface area (Å²) in [4.78, 5) is 80.3. The summed E-state index contributed by atoms with van der Waals surface area (Å²) in [6, 6.07) is 15.4. The fraction of sp³-hybridized carbons (Fsp3) is 0.480. The molecule has 0 aromatic heterocycles. The standard InChI is InChI=1S/C50H69N5O12Si/c1-12-24-65-49(61)54-44(32(3)4)46(58)51-33(5)45(57)52-37-22-20-34(21-23-37)30-66-48(60)53-40-28-42(64-25-16-19-43(56)63-13-2)41(62-9)27-39(40)47(59)55-29-36-18-15-14-17-35(36)26-38(55)31-67-68(10,11)50(6,7)8/h12,14-15,17-18,20-23,27-28,32-33,38,44H,1,13,16,19,24-26,29-31H2,2-11H3,(H,51,58)(H,52,57)(H,53,60)(H,54,61). The van der Waals surface area contributed by atoms with Gasteiger partial charge in [-0.2, -0.15) is 0 Å². The highest BCUT2D eigenvalue weighted by atomic mass is 28.4. The molecule has 1 aliphatic heterocycles. The van der Waals surface area contributed by atoms with Crippen LogP contribution in [0.5, 0.6) is 11.5 Å². The van der Waals surface area contributed by atoms with Crippen molar-refractivity contribution in [3.63, 3.8) is 0 Å². The van der Waals surface area contributed by atoms with Gasteiger partial charge < -0.3 is 49.0 Å². The minimum Gasteiger partial charge on any atom is -0.493 e. The number of alkyl carbamates (subject to hydrolysis) is 1. The number of rotatable bonds is 22. The van der Waals surface area contributed by atoms with Crippen molar-refractivity contribution in [1.29, 1.82) is 0 Å². The summed E-state index contributed by atoms with van der Waals surface area (Å²) in [7, 11) is -0.752. The van der Waals surface area contributed by atoms with Gasteiger partial charge in [-0.1, -0.05) is 83.7 Å². The maximum absolute atomic E-state index is 14.9. The van der Waals surface area contributed by atoms with Crippen LogP contribution in [0.3, 0.4) is 0 Å². The number of nitrogens with zero attached hydrogens (tertiary/aromatic N) is 1. The number of methoxy groups -OCH3 is 1. The van der Waals surface area contributed by atoms with Crippen molar-refractivity contribution in [1.82, 2.24) is 15.5 Å². The molecular weight excluding hydrogens is 891 g/mol. The van der Waals surface area contributed by atoms with E-state index in [0.717, 1.165) is 11.1 Å². The van der Waals surface area contributed by atoms with Crippen LogP contribution in [-0.2, 0) is 52.6 Å². The highest BCUT2D eigenvalue weighted by Crippen LogP contribution is 2.39. The maximum atomic E-state index is 14.9. The summed E-state index contributed by atoms with van der Waals surface area (Å²) in [6.45, 7) is 21.9. The number of anilines is 2. The third kappa shape index (κ3) is 15.6. The van der Waals surface area contributed by atoms with E-state index in [1.54, 1.807) is 49.9 Å². The van der Waals surface area contributed by atoms with E-state index >= 15 is 0 Å². The van der Waals surface area contributed by atoms with Crippen molar-refractivity contribution >= 4 is 55.6 Å². The summed E-state index contributed by atoms with van der Waals surface area (Å²) in [5.74, 6) is -1.59. The van der Waals surface area contributed by atoms with Crippen molar-refractivity contribution in [2.24, 2.45) is 5.92 Å². The number of nitrogens with one attached hydrogen (secondary N) is 4. The molecule has 18 heteroatoms. The van der Waals surface area contributed by atoms with E-state index in [0.29, 0.717) is 37.2 Å². The second-order valence-corrected chi connectivity index (χ2v) is 23.1. The van der Waals surface area contributed by atoms with E-state index < -0.39 is 44.4 Å². The molecule has 0 saturated heterocycles. The number of benzene rings is 3. The molecule has 1 heterocycles. The molecule has 3 atom stereocenters. The largest absolute Gasteiger partial charge is 0.493 e. The first-order chi connectivity index (χ1) is 32.2. The average Bonchev–Trinajstić information content (AvgIpc) is 3.29. The van der Waals surface area contributed by atoms with Crippen molar-refractivity contribution in [3.8, 4) is 11.5 Å². The molecule has 0 fully saturated rings. The quantitative estimate of drug-likeness (QED) is 0.0247. The molecule has 0 saturated carbocycles. The number of carbonyl (C=O) groups excluding carboxylic acids is 6. The molecule has 3 aromatic rings. The molecule has 68 heavy (non-hydrogen) atoms. The number of hydrogen-bond acceptors (Lipinski definition) is 12. The second-order valence-electron chi connectivity index (χ2n) is 18.3. The Labute approximate surface area is 401 Å². The number of amides is 5. The Morgan fingerprint density at radius 3 is 2.19 bits per heavy atom. The predicted molar refractivity (Wildman–Crippen MR) is 261 cm³/mol. The predicted octanol–water partition coefficient (Wildman–Crippen LogP) is 8.13. The van der Waals surface area contributed by atoms with Crippen LogP contribution in [-0.4, -0.2) is 101 Å². The Morgan fingerprint density at radius 2 is 1.56 bits per heavy atom. The summed E-state index contributed by atoms with van der Waals surface area (Å²) < 4.78 is 34.0. The van der Waals surface area contributed by atoms with E-state index in [1.165, 1.54) is 32.2 Å². The van der Waals surface area contributed by atoms with Gasteiger partial charge in [-0.15, -0.1) is 0 Å². The van der Waals surface area contributed by atoms with Crippen LogP contribution in [0.2, 0.25) is 18.1 Å². The lowest BCUT2D eigenvalue weighted by molar-refractivity contribution is -0.143. The molecule has 0 spiro atoms. The molecule has 0 bridgehead atoms. The van der Waals surface area contributed by atoms with Crippen LogP contribution in [0.1, 0.15) is 88.4 Å². The van der Waals surface area contributed by atoms with Crippen molar-refractivity contribution in [2.75, 3.05) is 44.2 Å². The van der Waals surface area contributed by atoms with Crippen LogP contribution in [0.15, 0.2) is 73.3 Å². The van der Waals surface area contributed by atoms with E-state index in [4.69, 9.17) is 28.1 Å². The normalized spacial score (nSPS) is 14.3. The molecule has 0 radical (unpaired) electrons. The fourth-order valence-corrected chi connectivity index (χ4v) is 7.87. The minimum absolute atomic E-state index is 0.0218. The number of hydrogen-bond donors (Lipinski definition) is 4. The van der Waals surface area contributed by atoms with Gasteiger partial charge >= 0.3 is 18.2 Å². The third-order valence-corrected chi connectivity index (χ3v) is 16.3. The number of fused-ring (bicyclic) bond motifs is 1. The minimum atomic E-state index is -2.20. The Hall–Kier alpha value is -6.40. The maximum Gasteiger partial charge on any atom is 0.411 e. The summed E-state index contributed by atoms with van der Waals surface area (Å²) >= 11 is 0. The van der Waals surface area contributed by atoms with Gasteiger partial charge in [0.05, 0.1) is 44.2 Å². The smallest absolute Gasteiger partial charge is 0.411 e. The monoisotopic (exact) mass is 959 g/mol. The molecule has 1 aliphatic rings. The zero-order valence-corrected chi connectivity index (χ0v) is 42.1. The summed E-state index contributed by atoms with van der Waals surface area (Å²) in [5.41, 5.74) is 3.40. The van der Waals surface area contributed by atoms with Gasteiger partial charge in [-0.3, -0.25) is 24.5 Å². The lowest BCUT2D eigenvalue weighted by Gasteiger charge is -2.41. The molecular formula is C50H69N5O12Si. The number of esters is 1. The molecule has 370 valence electrons. The second kappa shape index (κ2) is 25.1. The van der Waals surface area contributed by atoms with Crippen LogP contribution >= 0.6 is 0 Å². The van der Waals surface area contributed by atoms with Crippen LogP contribution < -0.4 is 30.7 Å². The van der Waals surface area contributed by atoms with Gasteiger partial charge in [-0.05, 0) is 85.6 Å². The number of ether oxygens (including phenoxy) is 5. The lowest BCUT2D eigenvalue weighted by atomic mass is 9.93. The zero-order valence-electron chi connectivity index (χ0n) is 41.1. The molecule has 4 rings (SSSR count). The molecule has 4 N–H and O–H groups in total. The lowest BCUT2D eigenvalue weighted by Crippen LogP contribution is -2.53. The van der Waals surface area contributed by atoms with Crippen molar-refractivity contribution < 1.29 is 56.9 Å².